The molecular formula is C4H9LiO4. The Balaban J connectivity index is -0.000000245. The molecule has 50 valence electrons. The van der Waals surface area contributed by atoms with Gasteiger partial charge in [-0.05, 0) is 6.92 Å². The molecule has 0 aliphatic carbocycles. The van der Waals surface area contributed by atoms with Crippen molar-refractivity contribution in [1.82, 2.24) is 0 Å². The van der Waals surface area contributed by atoms with Gasteiger partial charge in [-0.3, -0.25) is 0 Å². The van der Waals surface area contributed by atoms with Gasteiger partial charge in [0.25, 0.3) is 0 Å². The van der Waals surface area contributed by atoms with Gasteiger partial charge in [0.05, 0.1) is 6.61 Å². The Morgan fingerprint density at radius 3 is 2.11 bits per heavy atom. The standard InChI is InChI=1S/C4H8O4.Li.H/c1-4(8,2-5)3(6)7;;/h5,8H,2H2,1H3,(H,6,7);;/q;+1;-1/t4-;;/m0../s1. The molecule has 0 aromatic heterocycles. The van der Waals surface area contributed by atoms with Gasteiger partial charge >= 0.3 is 24.8 Å². The average molecular weight is 128 g/mol. The molecule has 0 unspecified atom stereocenters. The Morgan fingerprint density at radius 1 is 1.78 bits per heavy atom. The molecule has 0 aliphatic rings. The Hall–Kier alpha value is -0.0126. The molecule has 0 heterocycles. The summed E-state index contributed by atoms with van der Waals surface area (Å²) in [5, 5.41) is 24.7. The number of hydrogen-bond donors (Lipinski definition) is 3. The topological polar surface area (TPSA) is 77.8 Å². The van der Waals surface area contributed by atoms with Crippen LogP contribution in [0.4, 0.5) is 0 Å². The molecule has 0 rings (SSSR count). The van der Waals surface area contributed by atoms with Crippen molar-refractivity contribution in [2.75, 3.05) is 6.61 Å². The molecule has 1 atom stereocenters. The number of aliphatic hydroxyl groups excluding tert-OH is 1. The monoisotopic (exact) mass is 128 g/mol. The van der Waals surface area contributed by atoms with Gasteiger partial charge in [-0.15, -0.1) is 0 Å². The van der Waals surface area contributed by atoms with Crippen LogP contribution in [0.3, 0.4) is 0 Å². The van der Waals surface area contributed by atoms with Crippen LogP contribution in [0.2, 0.25) is 0 Å². The minimum Gasteiger partial charge on any atom is -1.00 e. The summed E-state index contributed by atoms with van der Waals surface area (Å²) in [6, 6.07) is 0. The molecule has 0 aromatic rings. The fourth-order valence-corrected chi connectivity index (χ4v) is 0.0676. The molecule has 0 saturated carbocycles. The zero-order chi connectivity index (χ0) is 6.78. The predicted molar refractivity (Wildman–Crippen MR) is 26.5 cm³/mol. The normalized spacial score (nSPS) is 15.4. The second-order valence-corrected chi connectivity index (χ2v) is 1.74. The van der Waals surface area contributed by atoms with Crippen molar-refractivity contribution >= 4 is 5.97 Å². The van der Waals surface area contributed by atoms with Crippen LogP contribution >= 0.6 is 0 Å². The fraction of sp³-hybridized carbons (Fsp3) is 0.750. The molecule has 0 aliphatic heterocycles. The van der Waals surface area contributed by atoms with Crippen LogP contribution in [0.25, 0.3) is 0 Å². The van der Waals surface area contributed by atoms with Crippen molar-refractivity contribution in [1.29, 1.82) is 0 Å². The second kappa shape index (κ2) is 3.91. The van der Waals surface area contributed by atoms with Gasteiger partial charge in [0, 0.05) is 0 Å². The summed E-state index contributed by atoms with van der Waals surface area (Å²) in [7, 11) is 0. The van der Waals surface area contributed by atoms with Crippen molar-refractivity contribution in [2.45, 2.75) is 12.5 Å². The third kappa shape index (κ3) is 3.54. The first-order valence-corrected chi connectivity index (χ1v) is 2.07. The van der Waals surface area contributed by atoms with Crippen LogP contribution in [0.15, 0.2) is 0 Å². The van der Waals surface area contributed by atoms with Gasteiger partial charge < -0.3 is 16.7 Å². The zero-order valence-corrected chi connectivity index (χ0v) is 5.46. The first-order chi connectivity index (χ1) is 3.50. The van der Waals surface area contributed by atoms with Crippen LogP contribution < -0.4 is 18.9 Å². The van der Waals surface area contributed by atoms with Gasteiger partial charge in [0.1, 0.15) is 0 Å². The smallest absolute Gasteiger partial charge is 1.00 e. The number of hydrogen-bond acceptors (Lipinski definition) is 3. The van der Waals surface area contributed by atoms with Gasteiger partial charge in [0.2, 0.25) is 0 Å². The van der Waals surface area contributed by atoms with E-state index >= 15 is 0 Å². The van der Waals surface area contributed by atoms with Gasteiger partial charge in [0.15, 0.2) is 5.60 Å². The van der Waals surface area contributed by atoms with E-state index in [1.807, 2.05) is 0 Å². The third-order valence-corrected chi connectivity index (χ3v) is 0.769. The second-order valence-electron chi connectivity index (χ2n) is 1.74. The van der Waals surface area contributed by atoms with E-state index in [2.05, 4.69) is 0 Å². The number of aliphatic hydroxyl groups is 2. The Bertz CT molecular complexity index is 105. The minimum atomic E-state index is -1.99. The van der Waals surface area contributed by atoms with E-state index in [-0.39, 0.29) is 20.3 Å². The van der Waals surface area contributed by atoms with Crippen LogP contribution in [-0.4, -0.2) is 33.5 Å². The first-order valence-electron chi connectivity index (χ1n) is 2.07. The number of aliphatic carboxylic acids is 1. The molecule has 4 nitrogen and oxygen atoms in total. The molecule has 0 saturated heterocycles. The van der Waals surface area contributed by atoms with Gasteiger partial charge in [-0.1, -0.05) is 0 Å². The largest absolute Gasteiger partial charge is 1.00 e. The summed E-state index contributed by atoms with van der Waals surface area (Å²) in [5.74, 6) is -1.42. The SMILES string of the molecule is C[C@](O)(CO)C(=O)O.[H-].[Li+]. The van der Waals surface area contributed by atoms with E-state index in [9.17, 15) is 4.79 Å². The number of carbonyl (C=O) groups is 1. The van der Waals surface area contributed by atoms with Crippen molar-refractivity contribution in [2.24, 2.45) is 0 Å². The van der Waals surface area contributed by atoms with Gasteiger partial charge in [-0.25, -0.2) is 4.79 Å². The summed E-state index contributed by atoms with van der Waals surface area (Å²) >= 11 is 0. The Morgan fingerprint density at radius 2 is 2.11 bits per heavy atom. The van der Waals surface area contributed by atoms with Crippen LogP contribution in [0, 0.1) is 0 Å². The van der Waals surface area contributed by atoms with E-state index in [1.54, 1.807) is 0 Å². The van der Waals surface area contributed by atoms with E-state index in [0.29, 0.717) is 0 Å². The van der Waals surface area contributed by atoms with Gasteiger partial charge in [-0.2, -0.15) is 0 Å². The number of carboxylic acid groups (broad SMARTS) is 1. The van der Waals surface area contributed by atoms with E-state index in [0.717, 1.165) is 6.92 Å². The predicted octanol–water partition coefficient (Wildman–Crippen LogP) is -4.07. The number of rotatable bonds is 2. The maximum absolute atomic E-state index is 9.84. The molecule has 0 amide bonds. The summed E-state index contributed by atoms with van der Waals surface area (Å²) in [6.07, 6.45) is 0. The minimum absolute atomic E-state index is 0. The number of carboxylic acids is 1. The van der Waals surface area contributed by atoms with Crippen molar-refractivity contribution in [3.8, 4) is 0 Å². The maximum Gasteiger partial charge on any atom is 1.00 e. The van der Waals surface area contributed by atoms with E-state index < -0.39 is 18.2 Å². The molecule has 3 N–H and O–H groups in total. The van der Waals surface area contributed by atoms with Crippen molar-refractivity contribution in [3.63, 3.8) is 0 Å². The molecule has 9 heavy (non-hydrogen) atoms. The molecular weight excluding hydrogens is 119 g/mol. The van der Waals surface area contributed by atoms with E-state index in [1.165, 1.54) is 0 Å². The van der Waals surface area contributed by atoms with Crippen LogP contribution in [0.1, 0.15) is 8.35 Å². The molecule has 0 aromatic carbocycles. The average Bonchev–Trinajstić information content (AvgIpc) is 1.67. The summed E-state index contributed by atoms with van der Waals surface area (Å²) < 4.78 is 0. The van der Waals surface area contributed by atoms with Crippen LogP contribution in [-0.2, 0) is 4.79 Å². The molecule has 5 heteroatoms. The van der Waals surface area contributed by atoms with Crippen molar-refractivity contribution < 1.29 is 40.4 Å². The molecule has 0 bridgehead atoms. The third-order valence-electron chi connectivity index (χ3n) is 0.769. The Labute approximate surface area is 66.2 Å². The summed E-state index contributed by atoms with van der Waals surface area (Å²) in [4.78, 5) is 9.84. The maximum atomic E-state index is 9.84. The summed E-state index contributed by atoms with van der Waals surface area (Å²) in [6.45, 7) is 0.262. The van der Waals surface area contributed by atoms with E-state index in [4.69, 9.17) is 15.3 Å². The first kappa shape index (κ1) is 11.7. The Kier molecular flexibility index (Phi) is 5.10. The molecule has 0 spiro atoms. The van der Waals surface area contributed by atoms with Crippen molar-refractivity contribution in [3.05, 3.63) is 0 Å². The molecule has 0 radical (unpaired) electrons. The fourth-order valence-electron chi connectivity index (χ4n) is 0.0676. The zero-order valence-electron chi connectivity index (χ0n) is 6.46. The summed E-state index contributed by atoms with van der Waals surface area (Å²) in [5.41, 5.74) is -1.99. The van der Waals surface area contributed by atoms with Crippen LogP contribution in [0.5, 0.6) is 0 Å². The quantitative estimate of drug-likeness (QED) is 0.330. The molecule has 0 fully saturated rings.